The van der Waals surface area contributed by atoms with E-state index in [0.717, 1.165) is 44.9 Å². The molecule has 0 radical (unpaired) electrons. The van der Waals surface area contributed by atoms with Crippen LogP contribution in [0, 0.1) is 5.92 Å². The maximum atomic E-state index is 12.0. The van der Waals surface area contributed by atoms with Crippen LogP contribution in [0.5, 0.6) is 0 Å². The smallest absolute Gasteiger partial charge is 0.224 e. The summed E-state index contributed by atoms with van der Waals surface area (Å²) >= 11 is 0. The van der Waals surface area contributed by atoms with E-state index < -0.39 is 0 Å². The first-order valence-corrected chi connectivity index (χ1v) is 8.50. The van der Waals surface area contributed by atoms with Gasteiger partial charge < -0.3 is 15.5 Å². The van der Waals surface area contributed by atoms with Crippen molar-refractivity contribution in [1.82, 2.24) is 15.5 Å². The number of nitrogens with one attached hydrogen (secondary N) is 2. The lowest BCUT2D eigenvalue weighted by atomic mass is 9.99. The zero-order valence-corrected chi connectivity index (χ0v) is 13.0. The lowest BCUT2D eigenvalue weighted by Crippen LogP contribution is -2.41. The molecule has 0 bridgehead atoms. The molecule has 0 saturated carbocycles. The third-order valence-electron chi connectivity index (χ3n) is 4.78. The van der Waals surface area contributed by atoms with Crippen molar-refractivity contribution < 1.29 is 4.79 Å². The first-order valence-electron chi connectivity index (χ1n) is 8.50. The Labute approximate surface area is 123 Å². The van der Waals surface area contributed by atoms with Crippen LogP contribution in [0.4, 0.5) is 0 Å². The normalized spacial score (nSPS) is 28.2. The summed E-state index contributed by atoms with van der Waals surface area (Å²) in [5.41, 5.74) is 0. The fourth-order valence-electron chi connectivity index (χ4n) is 3.36. The van der Waals surface area contributed by atoms with Crippen LogP contribution in [0.1, 0.15) is 51.9 Å². The van der Waals surface area contributed by atoms with Crippen molar-refractivity contribution in [2.45, 2.75) is 57.9 Å². The second kappa shape index (κ2) is 8.63. The molecule has 4 nitrogen and oxygen atoms in total. The molecular formula is C16H31N3O. The van der Waals surface area contributed by atoms with E-state index in [1.54, 1.807) is 0 Å². The Morgan fingerprint density at radius 1 is 1.25 bits per heavy atom. The monoisotopic (exact) mass is 281 g/mol. The molecule has 2 saturated heterocycles. The van der Waals surface area contributed by atoms with Crippen molar-refractivity contribution in [1.29, 1.82) is 0 Å². The van der Waals surface area contributed by atoms with Gasteiger partial charge in [0.2, 0.25) is 5.91 Å². The van der Waals surface area contributed by atoms with Crippen LogP contribution in [-0.2, 0) is 4.79 Å². The highest BCUT2D eigenvalue weighted by Gasteiger charge is 2.20. The van der Waals surface area contributed by atoms with Crippen molar-refractivity contribution in [3.05, 3.63) is 0 Å². The fourth-order valence-corrected chi connectivity index (χ4v) is 3.36. The predicted octanol–water partition coefficient (Wildman–Crippen LogP) is 1.76. The van der Waals surface area contributed by atoms with Crippen LogP contribution in [0.25, 0.3) is 0 Å². The number of likely N-dealkylation sites (tertiary alicyclic amines) is 1. The highest BCUT2D eigenvalue weighted by Crippen LogP contribution is 2.16. The third-order valence-corrected chi connectivity index (χ3v) is 4.78. The Morgan fingerprint density at radius 2 is 2.15 bits per heavy atom. The van der Waals surface area contributed by atoms with Crippen molar-refractivity contribution >= 4 is 5.91 Å². The molecule has 20 heavy (non-hydrogen) atoms. The van der Waals surface area contributed by atoms with Gasteiger partial charge in [0, 0.05) is 19.1 Å². The van der Waals surface area contributed by atoms with Crippen molar-refractivity contribution in [2.24, 2.45) is 5.92 Å². The van der Waals surface area contributed by atoms with Crippen LogP contribution in [0.3, 0.4) is 0 Å². The van der Waals surface area contributed by atoms with Gasteiger partial charge in [-0.3, -0.25) is 4.79 Å². The first-order chi connectivity index (χ1) is 9.77. The van der Waals surface area contributed by atoms with Gasteiger partial charge >= 0.3 is 0 Å². The van der Waals surface area contributed by atoms with E-state index in [2.05, 4.69) is 22.5 Å². The summed E-state index contributed by atoms with van der Waals surface area (Å²) in [7, 11) is 0. The van der Waals surface area contributed by atoms with Gasteiger partial charge in [0.1, 0.15) is 0 Å². The van der Waals surface area contributed by atoms with Gasteiger partial charge in [-0.1, -0.05) is 6.42 Å². The van der Waals surface area contributed by atoms with Gasteiger partial charge in [0.25, 0.3) is 0 Å². The zero-order valence-electron chi connectivity index (χ0n) is 13.0. The minimum absolute atomic E-state index is 0.200. The molecule has 2 rings (SSSR count). The summed E-state index contributed by atoms with van der Waals surface area (Å²) in [5, 5.41) is 6.40. The molecular weight excluding hydrogens is 250 g/mol. The summed E-state index contributed by atoms with van der Waals surface area (Å²) in [6.07, 6.45) is 8.59. The number of unbranched alkanes of at least 4 members (excludes halogenated alkanes) is 1. The van der Waals surface area contributed by atoms with Gasteiger partial charge in [-0.15, -0.1) is 0 Å². The molecule has 116 valence electrons. The molecule has 0 aromatic heterocycles. The molecule has 2 atom stereocenters. The number of piperidine rings is 2. The predicted molar refractivity (Wildman–Crippen MR) is 82.7 cm³/mol. The number of hydrogen-bond donors (Lipinski definition) is 2. The lowest BCUT2D eigenvalue weighted by molar-refractivity contribution is -0.125. The van der Waals surface area contributed by atoms with E-state index >= 15 is 0 Å². The SMILES string of the molecule is CC1CCCCN1CCCCNC(=O)C1CCCNC1. The van der Waals surface area contributed by atoms with E-state index in [1.165, 1.54) is 38.8 Å². The van der Waals surface area contributed by atoms with Crippen LogP contribution in [0.2, 0.25) is 0 Å². The van der Waals surface area contributed by atoms with Gasteiger partial charge in [-0.25, -0.2) is 0 Å². The molecule has 1 amide bonds. The molecule has 0 aromatic carbocycles. The van der Waals surface area contributed by atoms with Gasteiger partial charge in [0.15, 0.2) is 0 Å². The number of amides is 1. The average molecular weight is 281 g/mol. The maximum absolute atomic E-state index is 12.0. The Hall–Kier alpha value is -0.610. The van der Waals surface area contributed by atoms with Crippen molar-refractivity contribution in [3.8, 4) is 0 Å². The minimum atomic E-state index is 0.200. The summed E-state index contributed by atoms with van der Waals surface area (Å²) in [5.74, 6) is 0.453. The van der Waals surface area contributed by atoms with Gasteiger partial charge in [0.05, 0.1) is 5.92 Å². The molecule has 2 fully saturated rings. The Morgan fingerprint density at radius 3 is 2.90 bits per heavy atom. The molecule has 2 aliphatic heterocycles. The number of carbonyl (C=O) groups excluding carboxylic acids is 1. The Kier molecular flexibility index (Phi) is 6.80. The minimum Gasteiger partial charge on any atom is -0.356 e. The van der Waals surface area contributed by atoms with Crippen LogP contribution >= 0.6 is 0 Å². The maximum Gasteiger partial charge on any atom is 0.224 e. The van der Waals surface area contributed by atoms with E-state index in [1.807, 2.05) is 0 Å². The van der Waals surface area contributed by atoms with E-state index in [9.17, 15) is 4.79 Å². The summed E-state index contributed by atoms with van der Waals surface area (Å²) in [6.45, 7) is 7.58. The third kappa shape index (κ3) is 5.06. The summed E-state index contributed by atoms with van der Waals surface area (Å²) < 4.78 is 0. The number of hydrogen-bond acceptors (Lipinski definition) is 3. The second-order valence-electron chi connectivity index (χ2n) is 6.42. The molecule has 0 spiro atoms. The molecule has 2 unspecified atom stereocenters. The Bertz CT molecular complexity index is 289. The van der Waals surface area contributed by atoms with Gasteiger partial charge in [-0.05, 0) is 65.1 Å². The van der Waals surface area contributed by atoms with Crippen molar-refractivity contribution in [2.75, 3.05) is 32.7 Å². The first kappa shape index (κ1) is 15.8. The summed E-state index contributed by atoms with van der Waals surface area (Å²) in [6, 6.07) is 0.756. The lowest BCUT2D eigenvalue weighted by Gasteiger charge is -2.33. The standard InChI is InChI=1S/C16H31N3O/c1-14-7-2-4-11-19(14)12-5-3-10-18-16(20)15-8-6-9-17-13-15/h14-15,17H,2-13H2,1H3,(H,18,20). The molecule has 0 aromatic rings. The quantitative estimate of drug-likeness (QED) is 0.729. The van der Waals surface area contributed by atoms with Crippen LogP contribution in [0.15, 0.2) is 0 Å². The van der Waals surface area contributed by atoms with E-state index in [4.69, 9.17) is 0 Å². The second-order valence-corrected chi connectivity index (χ2v) is 6.42. The highest BCUT2D eigenvalue weighted by molar-refractivity contribution is 5.78. The molecule has 0 aliphatic carbocycles. The zero-order chi connectivity index (χ0) is 14.2. The number of rotatable bonds is 6. The fraction of sp³-hybridized carbons (Fsp3) is 0.938. The number of carbonyl (C=O) groups is 1. The topological polar surface area (TPSA) is 44.4 Å². The molecule has 2 heterocycles. The van der Waals surface area contributed by atoms with Crippen LogP contribution < -0.4 is 10.6 Å². The average Bonchev–Trinajstić information content (AvgIpc) is 2.49. The molecule has 4 heteroatoms. The van der Waals surface area contributed by atoms with Crippen molar-refractivity contribution in [3.63, 3.8) is 0 Å². The largest absolute Gasteiger partial charge is 0.356 e. The molecule has 2 aliphatic rings. The Balaban J connectivity index is 1.51. The number of nitrogens with zero attached hydrogens (tertiary/aromatic N) is 1. The van der Waals surface area contributed by atoms with Gasteiger partial charge in [-0.2, -0.15) is 0 Å². The summed E-state index contributed by atoms with van der Waals surface area (Å²) in [4.78, 5) is 14.6. The van der Waals surface area contributed by atoms with Crippen LogP contribution in [-0.4, -0.2) is 49.6 Å². The highest BCUT2D eigenvalue weighted by atomic mass is 16.1. The van der Waals surface area contributed by atoms with E-state index in [-0.39, 0.29) is 11.8 Å². The molecule has 2 N–H and O–H groups in total. The van der Waals surface area contributed by atoms with E-state index in [0.29, 0.717) is 0 Å².